The first-order chi connectivity index (χ1) is 17.4. The van der Waals surface area contributed by atoms with Gasteiger partial charge < -0.3 is 14.3 Å². The van der Waals surface area contributed by atoms with Crippen LogP contribution in [0.5, 0.6) is 0 Å². The average Bonchev–Trinajstić information content (AvgIpc) is 3.57. The molecule has 0 saturated heterocycles. The van der Waals surface area contributed by atoms with Crippen LogP contribution in [0.2, 0.25) is 0 Å². The third-order valence-electron chi connectivity index (χ3n) is 5.73. The number of hydrogen-bond donors (Lipinski definition) is 1. The highest BCUT2D eigenvalue weighted by Gasteiger charge is 2.46. The quantitative estimate of drug-likeness (QED) is 0.208. The fourth-order valence-corrected chi connectivity index (χ4v) is 5.07. The summed E-state index contributed by atoms with van der Waals surface area (Å²) in [4.78, 5) is 45.3. The molecule has 3 heterocycles. The molecule has 1 unspecified atom stereocenters. The largest absolute Gasteiger partial charge is 0.503 e. The summed E-state index contributed by atoms with van der Waals surface area (Å²) in [6.45, 7) is 5.18. The molecule has 0 fully saturated rings. The van der Waals surface area contributed by atoms with Gasteiger partial charge in [0.15, 0.2) is 16.7 Å². The van der Waals surface area contributed by atoms with Crippen molar-refractivity contribution in [2.24, 2.45) is 0 Å². The number of ketones is 1. The molecule has 1 aliphatic heterocycles. The first-order valence-corrected chi connectivity index (χ1v) is 11.8. The van der Waals surface area contributed by atoms with Gasteiger partial charge in [-0.25, -0.2) is 9.78 Å². The number of aliphatic hydroxyl groups excluding tert-OH is 1. The molecule has 0 aliphatic carbocycles. The smallest absolute Gasteiger partial charge is 0.350 e. The van der Waals surface area contributed by atoms with E-state index in [0.717, 1.165) is 16.7 Å². The molecule has 1 atom stereocenters. The minimum atomic E-state index is -0.984. The third-order valence-corrected chi connectivity index (χ3v) is 6.86. The van der Waals surface area contributed by atoms with Crippen molar-refractivity contribution in [2.75, 3.05) is 11.5 Å². The lowest BCUT2D eigenvalue weighted by atomic mass is 9.95. The maximum atomic E-state index is 13.6. The van der Waals surface area contributed by atoms with Gasteiger partial charge in [-0.3, -0.25) is 14.5 Å². The normalized spacial score (nSPS) is 15.5. The lowest BCUT2D eigenvalue weighted by Crippen LogP contribution is -2.31. The average molecular weight is 501 g/mol. The predicted octanol–water partition coefficient (Wildman–Crippen LogP) is 5.32. The molecule has 4 aromatic rings. The summed E-state index contributed by atoms with van der Waals surface area (Å²) >= 11 is 0.946. The van der Waals surface area contributed by atoms with Crippen LogP contribution in [0.3, 0.4) is 0 Å². The number of aryl methyl sites for hydroxylation is 1. The summed E-state index contributed by atoms with van der Waals surface area (Å²) in [5.41, 5.74) is 1.32. The molecule has 1 aliphatic rings. The molecule has 0 radical (unpaired) electrons. The van der Waals surface area contributed by atoms with Crippen molar-refractivity contribution in [3.8, 4) is 0 Å². The summed E-state index contributed by atoms with van der Waals surface area (Å²) in [5.74, 6) is -2.72. The van der Waals surface area contributed by atoms with Crippen LogP contribution in [0.4, 0.5) is 5.13 Å². The Labute approximate surface area is 209 Å². The Morgan fingerprint density at radius 1 is 1.19 bits per heavy atom. The van der Waals surface area contributed by atoms with Crippen LogP contribution in [0, 0.1) is 6.92 Å². The number of carbonyl (C=O) groups is 3. The Bertz CT molecular complexity index is 1520. The zero-order valence-corrected chi connectivity index (χ0v) is 20.0. The number of amides is 1. The van der Waals surface area contributed by atoms with Gasteiger partial charge in [0.1, 0.15) is 17.1 Å². The number of Topliss-reactive ketones (excluding diaryl/α,β-unsaturated/α-hetero) is 1. The van der Waals surface area contributed by atoms with Crippen molar-refractivity contribution in [2.45, 2.75) is 13.0 Å². The van der Waals surface area contributed by atoms with Crippen LogP contribution >= 0.6 is 11.3 Å². The van der Waals surface area contributed by atoms with Crippen LogP contribution in [0.15, 0.2) is 89.1 Å². The molecule has 1 N–H and O–H groups in total. The van der Waals surface area contributed by atoms with E-state index >= 15 is 0 Å². The van der Waals surface area contributed by atoms with Crippen LogP contribution in [0.1, 0.15) is 37.5 Å². The Balaban J connectivity index is 1.60. The molecule has 2 aromatic heterocycles. The van der Waals surface area contributed by atoms with Crippen LogP contribution in [-0.4, -0.2) is 34.4 Å². The Kier molecular flexibility index (Phi) is 5.99. The molecule has 0 saturated carbocycles. The fourth-order valence-electron chi connectivity index (χ4n) is 4.09. The number of carbonyl (C=O) groups excluding carboxylic acids is 3. The van der Waals surface area contributed by atoms with E-state index in [1.807, 2.05) is 6.07 Å². The van der Waals surface area contributed by atoms with Gasteiger partial charge in [-0.05, 0) is 24.6 Å². The first kappa shape index (κ1) is 23.3. The van der Waals surface area contributed by atoms with Crippen molar-refractivity contribution in [3.63, 3.8) is 0 Å². The van der Waals surface area contributed by atoms with E-state index in [2.05, 4.69) is 11.6 Å². The molecule has 5 rings (SSSR count). The highest BCUT2D eigenvalue weighted by Crippen LogP contribution is 2.44. The van der Waals surface area contributed by atoms with E-state index < -0.39 is 29.5 Å². The second-order valence-electron chi connectivity index (χ2n) is 8.03. The molecular formula is C27H20N2O6S. The zero-order chi connectivity index (χ0) is 25.4. The molecule has 0 bridgehead atoms. The number of ether oxygens (including phenoxy) is 1. The van der Waals surface area contributed by atoms with Gasteiger partial charge in [0.25, 0.3) is 5.91 Å². The Morgan fingerprint density at radius 2 is 1.92 bits per heavy atom. The number of esters is 1. The fraction of sp³-hybridized carbons (Fsp3) is 0.111. The molecule has 36 heavy (non-hydrogen) atoms. The van der Waals surface area contributed by atoms with Gasteiger partial charge in [0.2, 0.25) is 5.78 Å². The second-order valence-corrected chi connectivity index (χ2v) is 9.00. The van der Waals surface area contributed by atoms with Gasteiger partial charge in [-0.2, -0.15) is 0 Å². The van der Waals surface area contributed by atoms with Gasteiger partial charge in [-0.15, -0.1) is 0 Å². The molecule has 180 valence electrons. The lowest BCUT2D eigenvalue weighted by molar-refractivity contribution is -0.117. The molecule has 2 aromatic carbocycles. The maximum Gasteiger partial charge on any atom is 0.350 e. The highest BCUT2D eigenvalue weighted by molar-refractivity contribution is 7.17. The standard InChI is InChI=1S/C27H20N2O6S/c1-3-13-34-26(33)24-15(2)28-27(36-24)29-21(16-9-5-4-6-10-16)20(23(31)25(29)32)22(30)19-14-17-11-7-8-12-18(17)35-19/h3-12,14,21,31H,1,13H2,2H3. The topological polar surface area (TPSA) is 110 Å². The Morgan fingerprint density at radius 3 is 2.64 bits per heavy atom. The Hall–Kier alpha value is -4.50. The second kappa shape index (κ2) is 9.27. The number of aliphatic hydroxyl groups is 1. The number of para-hydroxylation sites is 1. The molecule has 1 amide bonds. The van der Waals surface area contributed by atoms with E-state index in [4.69, 9.17) is 9.15 Å². The molecule has 0 spiro atoms. The van der Waals surface area contributed by atoms with Crippen molar-refractivity contribution in [3.05, 3.63) is 107 Å². The van der Waals surface area contributed by atoms with Crippen molar-refractivity contribution >= 4 is 45.1 Å². The molecular weight excluding hydrogens is 480 g/mol. The summed E-state index contributed by atoms with van der Waals surface area (Å²) < 4.78 is 10.9. The monoisotopic (exact) mass is 500 g/mol. The number of fused-ring (bicyclic) bond motifs is 1. The van der Waals surface area contributed by atoms with Crippen LogP contribution in [0.25, 0.3) is 11.0 Å². The number of thiazole rings is 1. The molecule has 9 heteroatoms. The van der Waals surface area contributed by atoms with Crippen LogP contribution < -0.4 is 4.90 Å². The van der Waals surface area contributed by atoms with Crippen molar-refractivity contribution in [1.29, 1.82) is 0 Å². The van der Waals surface area contributed by atoms with Gasteiger partial charge in [0, 0.05) is 5.39 Å². The van der Waals surface area contributed by atoms with E-state index in [1.165, 1.54) is 11.0 Å². The summed E-state index contributed by atoms with van der Waals surface area (Å²) in [5, 5.41) is 11.8. The number of rotatable bonds is 7. The van der Waals surface area contributed by atoms with Gasteiger partial charge >= 0.3 is 5.97 Å². The SMILES string of the molecule is C=CCOC(=O)c1sc(N2C(=O)C(O)=C(C(=O)c3cc4ccccc4o3)C2c2ccccc2)nc1C. The number of aromatic nitrogens is 1. The number of benzene rings is 2. The number of hydrogen-bond acceptors (Lipinski definition) is 8. The van der Waals surface area contributed by atoms with Crippen LogP contribution in [-0.2, 0) is 9.53 Å². The third kappa shape index (κ3) is 3.89. The van der Waals surface area contributed by atoms with E-state index in [0.29, 0.717) is 16.8 Å². The lowest BCUT2D eigenvalue weighted by Gasteiger charge is -2.24. The predicted molar refractivity (Wildman–Crippen MR) is 134 cm³/mol. The first-order valence-electron chi connectivity index (χ1n) is 11.0. The highest BCUT2D eigenvalue weighted by atomic mass is 32.1. The maximum absolute atomic E-state index is 13.6. The summed E-state index contributed by atoms with van der Waals surface area (Å²) in [6.07, 6.45) is 1.45. The van der Waals surface area contributed by atoms with E-state index in [9.17, 15) is 19.5 Å². The van der Waals surface area contributed by atoms with Crippen molar-refractivity contribution < 1.29 is 28.6 Å². The summed E-state index contributed by atoms with van der Waals surface area (Å²) in [7, 11) is 0. The van der Waals surface area contributed by atoms with Gasteiger partial charge in [0.05, 0.1) is 17.3 Å². The number of nitrogens with zero attached hydrogens (tertiary/aromatic N) is 2. The van der Waals surface area contributed by atoms with E-state index in [1.54, 1.807) is 61.5 Å². The van der Waals surface area contributed by atoms with Gasteiger partial charge in [-0.1, -0.05) is 72.5 Å². The number of furan rings is 1. The molecule has 8 nitrogen and oxygen atoms in total. The minimum absolute atomic E-state index is 0.00246. The van der Waals surface area contributed by atoms with Crippen molar-refractivity contribution in [1.82, 2.24) is 4.98 Å². The summed E-state index contributed by atoms with van der Waals surface area (Å²) in [6, 6.07) is 16.6. The zero-order valence-electron chi connectivity index (χ0n) is 19.1. The van der Waals surface area contributed by atoms with E-state index in [-0.39, 0.29) is 27.9 Å². The number of anilines is 1. The minimum Gasteiger partial charge on any atom is -0.503 e.